The minimum atomic E-state index is -1.21. The van der Waals surface area contributed by atoms with E-state index in [1.165, 1.54) is 0 Å². The number of hydrogen-bond acceptors (Lipinski definition) is 5. The average molecular weight is 573 g/mol. The van der Waals surface area contributed by atoms with Gasteiger partial charge in [-0.3, -0.25) is 14.4 Å². The zero-order valence-corrected chi connectivity index (χ0v) is 24.0. The largest absolute Gasteiger partial charge is 0.480 e. The maximum Gasteiger partial charge on any atom is 0.326 e. The van der Waals surface area contributed by atoms with Crippen LogP contribution in [0, 0.1) is 5.92 Å². The van der Waals surface area contributed by atoms with E-state index in [-0.39, 0.29) is 25.2 Å². The second-order valence-electron chi connectivity index (χ2n) is 10.5. The molecule has 0 aliphatic carbocycles. The van der Waals surface area contributed by atoms with Gasteiger partial charge in [-0.2, -0.15) is 0 Å². The highest BCUT2D eigenvalue weighted by molar-refractivity contribution is 5.94. The first kappa shape index (κ1) is 32.0. The molecular formula is C33H40N4O5. The Morgan fingerprint density at radius 2 is 0.952 bits per heavy atom. The van der Waals surface area contributed by atoms with Gasteiger partial charge in [-0.05, 0) is 22.6 Å². The maximum absolute atomic E-state index is 13.7. The molecule has 0 spiro atoms. The molecule has 0 saturated carbocycles. The van der Waals surface area contributed by atoms with E-state index in [0.29, 0.717) is 6.42 Å². The van der Waals surface area contributed by atoms with Gasteiger partial charge < -0.3 is 26.8 Å². The molecule has 3 aromatic carbocycles. The molecule has 0 aliphatic rings. The number of nitrogens with one attached hydrogen (secondary N) is 3. The molecule has 3 rings (SSSR count). The highest BCUT2D eigenvalue weighted by atomic mass is 16.4. The highest BCUT2D eigenvalue weighted by Crippen LogP contribution is 2.10. The maximum atomic E-state index is 13.7. The normalized spacial score (nSPS) is 14.5. The molecule has 3 amide bonds. The van der Waals surface area contributed by atoms with Crippen LogP contribution in [-0.2, 0) is 38.4 Å². The number of hydrogen-bond donors (Lipinski definition) is 5. The number of rotatable bonds is 15. The van der Waals surface area contributed by atoms with Gasteiger partial charge in [0.25, 0.3) is 0 Å². The summed E-state index contributed by atoms with van der Waals surface area (Å²) < 4.78 is 0. The van der Waals surface area contributed by atoms with Gasteiger partial charge in [-0.25, -0.2) is 4.79 Å². The quantitative estimate of drug-likeness (QED) is 0.189. The van der Waals surface area contributed by atoms with Crippen LogP contribution in [-0.4, -0.2) is 53.0 Å². The summed E-state index contributed by atoms with van der Waals surface area (Å²) in [5.41, 5.74) is 8.48. The van der Waals surface area contributed by atoms with Crippen molar-refractivity contribution in [3.8, 4) is 0 Å². The Morgan fingerprint density at radius 1 is 0.619 bits per heavy atom. The molecule has 5 unspecified atom stereocenters. The van der Waals surface area contributed by atoms with Gasteiger partial charge in [0, 0.05) is 19.3 Å². The Balaban J connectivity index is 1.84. The first-order valence-corrected chi connectivity index (χ1v) is 14.2. The molecule has 0 bridgehead atoms. The minimum absolute atomic E-state index is 0.0775. The van der Waals surface area contributed by atoms with Crippen LogP contribution in [0.25, 0.3) is 0 Å². The predicted molar refractivity (Wildman–Crippen MR) is 161 cm³/mol. The zero-order chi connectivity index (χ0) is 30.5. The molecule has 9 nitrogen and oxygen atoms in total. The van der Waals surface area contributed by atoms with Crippen molar-refractivity contribution in [2.24, 2.45) is 11.7 Å². The molecule has 3 aromatic rings. The van der Waals surface area contributed by atoms with Crippen molar-refractivity contribution in [2.45, 2.75) is 63.7 Å². The van der Waals surface area contributed by atoms with Crippen LogP contribution in [0.15, 0.2) is 91.0 Å². The monoisotopic (exact) mass is 572 g/mol. The van der Waals surface area contributed by atoms with Crippen LogP contribution < -0.4 is 21.7 Å². The van der Waals surface area contributed by atoms with E-state index in [0.717, 1.165) is 16.7 Å². The van der Waals surface area contributed by atoms with Gasteiger partial charge >= 0.3 is 5.97 Å². The zero-order valence-electron chi connectivity index (χ0n) is 24.0. The first-order chi connectivity index (χ1) is 20.2. The highest BCUT2D eigenvalue weighted by Gasteiger charge is 2.31. The summed E-state index contributed by atoms with van der Waals surface area (Å²) in [6.07, 6.45) is 1.07. The fourth-order valence-electron chi connectivity index (χ4n) is 4.49. The van der Waals surface area contributed by atoms with E-state index in [9.17, 15) is 24.3 Å². The number of carboxylic acids is 1. The SMILES string of the molecule is CCC(C)C(N)C(=O)NC(Cc1ccccc1)C(=O)NC(Cc1ccccc1)C(=O)NC(Cc1ccccc1)C(=O)O. The summed E-state index contributed by atoms with van der Waals surface area (Å²) in [6.45, 7) is 3.80. The molecule has 222 valence electrons. The first-order valence-electron chi connectivity index (χ1n) is 14.2. The number of carbonyl (C=O) groups excluding carboxylic acids is 3. The lowest BCUT2D eigenvalue weighted by Crippen LogP contribution is -2.58. The second-order valence-corrected chi connectivity index (χ2v) is 10.5. The third-order valence-corrected chi connectivity index (χ3v) is 7.29. The van der Waals surface area contributed by atoms with Crippen LogP contribution in [0.4, 0.5) is 0 Å². The topological polar surface area (TPSA) is 151 Å². The van der Waals surface area contributed by atoms with Gasteiger partial charge in [0.2, 0.25) is 17.7 Å². The molecule has 0 aliphatic heterocycles. The van der Waals surface area contributed by atoms with Crippen molar-refractivity contribution in [1.29, 1.82) is 0 Å². The lowest BCUT2D eigenvalue weighted by molar-refractivity contribution is -0.142. The molecule has 0 aromatic heterocycles. The van der Waals surface area contributed by atoms with Crippen molar-refractivity contribution in [2.75, 3.05) is 0 Å². The van der Waals surface area contributed by atoms with E-state index < -0.39 is 47.9 Å². The summed E-state index contributed by atoms with van der Waals surface area (Å²) in [5.74, 6) is -2.96. The lowest BCUT2D eigenvalue weighted by atomic mass is 9.98. The summed E-state index contributed by atoms with van der Waals surface area (Å²) in [6, 6.07) is 23.2. The van der Waals surface area contributed by atoms with Crippen molar-refractivity contribution < 1.29 is 24.3 Å². The number of nitrogens with two attached hydrogens (primary N) is 1. The standard InChI is InChI=1S/C33H40N4O5/c1-3-22(2)29(34)32(40)36-27(20-24-15-9-5-10-16-24)30(38)35-26(19-23-13-7-4-8-14-23)31(39)37-28(33(41)42)21-25-17-11-6-12-18-25/h4-18,22,26-29H,3,19-21,34H2,1-2H3,(H,35,38)(H,36,40)(H,37,39)(H,41,42). The Labute approximate surface area is 246 Å². The van der Waals surface area contributed by atoms with E-state index >= 15 is 0 Å². The van der Waals surface area contributed by atoms with Gasteiger partial charge in [-0.15, -0.1) is 0 Å². The number of aliphatic carboxylic acids is 1. The number of benzene rings is 3. The molecule has 9 heteroatoms. The predicted octanol–water partition coefficient (Wildman–Crippen LogP) is 2.63. The van der Waals surface area contributed by atoms with Crippen LogP contribution in [0.3, 0.4) is 0 Å². The molecular weight excluding hydrogens is 532 g/mol. The van der Waals surface area contributed by atoms with Crippen LogP contribution in [0.5, 0.6) is 0 Å². The van der Waals surface area contributed by atoms with E-state index in [2.05, 4.69) is 16.0 Å². The average Bonchev–Trinajstić information content (AvgIpc) is 3.00. The summed E-state index contributed by atoms with van der Waals surface area (Å²) in [5, 5.41) is 18.0. The minimum Gasteiger partial charge on any atom is -0.480 e. The molecule has 0 saturated heterocycles. The number of amides is 3. The number of carbonyl (C=O) groups is 4. The fraction of sp³-hybridized carbons (Fsp3) is 0.333. The van der Waals surface area contributed by atoms with Gasteiger partial charge in [0.1, 0.15) is 18.1 Å². The Bertz CT molecular complexity index is 1300. The van der Waals surface area contributed by atoms with Crippen molar-refractivity contribution in [3.63, 3.8) is 0 Å². The third kappa shape index (κ3) is 9.85. The second kappa shape index (κ2) is 16.1. The molecule has 0 radical (unpaired) electrons. The van der Waals surface area contributed by atoms with Crippen molar-refractivity contribution in [3.05, 3.63) is 108 Å². The van der Waals surface area contributed by atoms with Gasteiger partial charge in [0.15, 0.2) is 0 Å². The van der Waals surface area contributed by atoms with Crippen LogP contribution in [0.1, 0.15) is 37.0 Å². The summed E-state index contributed by atoms with van der Waals surface area (Å²) >= 11 is 0. The molecule has 5 atom stereocenters. The molecule has 0 fully saturated rings. The van der Waals surface area contributed by atoms with Gasteiger partial charge in [0.05, 0.1) is 6.04 Å². The van der Waals surface area contributed by atoms with Crippen molar-refractivity contribution in [1.82, 2.24) is 16.0 Å². The Morgan fingerprint density at radius 3 is 1.31 bits per heavy atom. The summed E-state index contributed by atoms with van der Waals surface area (Å²) in [7, 11) is 0. The van der Waals surface area contributed by atoms with Crippen LogP contribution >= 0.6 is 0 Å². The van der Waals surface area contributed by atoms with Crippen LogP contribution in [0.2, 0.25) is 0 Å². The smallest absolute Gasteiger partial charge is 0.326 e. The Hall–Kier alpha value is -4.50. The molecule has 6 N–H and O–H groups in total. The van der Waals surface area contributed by atoms with Crippen molar-refractivity contribution >= 4 is 23.7 Å². The molecule has 42 heavy (non-hydrogen) atoms. The van der Waals surface area contributed by atoms with E-state index in [4.69, 9.17) is 5.73 Å². The van der Waals surface area contributed by atoms with E-state index in [1.54, 1.807) is 24.3 Å². The number of carboxylic acid groups (broad SMARTS) is 1. The lowest BCUT2D eigenvalue weighted by Gasteiger charge is -2.26. The molecule has 0 heterocycles. The summed E-state index contributed by atoms with van der Waals surface area (Å²) in [4.78, 5) is 52.3. The van der Waals surface area contributed by atoms with Gasteiger partial charge in [-0.1, -0.05) is 111 Å². The fourth-order valence-corrected chi connectivity index (χ4v) is 4.49. The van der Waals surface area contributed by atoms with E-state index in [1.807, 2.05) is 80.6 Å². The third-order valence-electron chi connectivity index (χ3n) is 7.29. The Kier molecular flexibility index (Phi) is 12.3.